The second-order valence-corrected chi connectivity index (χ2v) is 10.0. The third-order valence-electron chi connectivity index (χ3n) is 7.41. The number of nitrogens with one attached hydrogen (secondary N) is 2. The number of hydrogen-bond donors (Lipinski definition) is 4. The molecule has 0 radical (unpaired) electrons. The van der Waals surface area contributed by atoms with Gasteiger partial charge in [-0.05, 0) is 55.5 Å². The van der Waals surface area contributed by atoms with Crippen LogP contribution in [0.2, 0.25) is 0 Å². The maximum Gasteiger partial charge on any atom is 0.255 e. The van der Waals surface area contributed by atoms with E-state index in [0.717, 1.165) is 22.3 Å². The molecule has 2 aromatic carbocycles. The molecule has 1 saturated carbocycles. The molecular weight excluding hydrogens is 499 g/mol. The maximum absolute atomic E-state index is 15.8. The van der Waals surface area contributed by atoms with Gasteiger partial charge in [0.05, 0.1) is 31.1 Å². The van der Waals surface area contributed by atoms with Crippen LogP contribution in [0.25, 0.3) is 33.3 Å². The Hall–Kier alpha value is -3.95. The zero-order valence-corrected chi connectivity index (χ0v) is 22.1. The molecule has 8 nitrogen and oxygen atoms in total. The number of halogens is 1. The van der Waals surface area contributed by atoms with Gasteiger partial charge in [-0.3, -0.25) is 4.79 Å². The summed E-state index contributed by atoms with van der Waals surface area (Å²) in [4.78, 5) is 22.5. The number of carbonyl (C=O) groups is 1. The van der Waals surface area contributed by atoms with Crippen LogP contribution in [-0.4, -0.2) is 70.4 Å². The predicted octanol–water partition coefficient (Wildman–Crippen LogP) is 4.82. The molecule has 0 atom stereocenters. The molecule has 1 aliphatic carbocycles. The fourth-order valence-corrected chi connectivity index (χ4v) is 5.22. The first-order valence-corrected chi connectivity index (χ1v) is 13.1. The molecule has 0 spiro atoms. The molecule has 0 saturated heterocycles. The van der Waals surface area contributed by atoms with Crippen LogP contribution in [0.4, 0.5) is 10.1 Å². The predicted molar refractivity (Wildman–Crippen MR) is 149 cm³/mol. The second kappa shape index (κ2) is 11.4. The van der Waals surface area contributed by atoms with E-state index in [4.69, 9.17) is 4.74 Å². The molecule has 2 aromatic heterocycles. The number of H-pyrrole nitrogens is 1. The summed E-state index contributed by atoms with van der Waals surface area (Å²) in [6.07, 6.45) is 5.80. The molecule has 4 aromatic rings. The van der Waals surface area contributed by atoms with E-state index in [-0.39, 0.29) is 36.5 Å². The van der Waals surface area contributed by atoms with Gasteiger partial charge in [-0.25, -0.2) is 9.37 Å². The Balaban J connectivity index is 1.58. The Labute approximate surface area is 226 Å². The van der Waals surface area contributed by atoms with Gasteiger partial charge >= 0.3 is 0 Å². The standard InChI is InChI=1S/C30H33FN4O4/c1-35(11-12-36)30(38)24-13-18(15-26(31)28(24)34-20-7-9-21(37)10-8-20)19-14-23-25(17-33-29(23)32-16-19)22-5-3-4-6-27(22)39-2/h3-6,13-17,20-21,34,36-37H,7-12H2,1-2H3,(H,32,33). The number of benzene rings is 2. The number of pyridine rings is 1. The largest absolute Gasteiger partial charge is 0.496 e. The van der Waals surface area contributed by atoms with Gasteiger partial charge < -0.3 is 30.2 Å². The number of hydrogen-bond acceptors (Lipinski definition) is 6. The number of rotatable bonds is 8. The minimum absolute atomic E-state index is 0.0512. The molecule has 39 heavy (non-hydrogen) atoms. The number of nitrogens with zero attached hydrogens (tertiary/aromatic N) is 2. The Morgan fingerprint density at radius 3 is 2.67 bits per heavy atom. The summed E-state index contributed by atoms with van der Waals surface area (Å²) in [7, 11) is 3.20. The van der Waals surface area contributed by atoms with Gasteiger partial charge in [-0.2, -0.15) is 0 Å². The SMILES string of the molecule is COc1ccccc1-c1c[nH]c2ncc(-c3cc(F)c(NC4CCC(O)CC4)c(C(=O)N(C)CCO)c3)cc12. The molecule has 0 aliphatic heterocycles. The topological polar surface area (TPSA) is 111 Å². The summed E-state index contributed by atoms with van der Waals surface area (Å²) < 4.78 is 21.3. The molecule has 0 bridgehead atoms. The molecule has 5 rings (SSSR count). The van der Waals surface area contributed by atoms with Crippen LogP contribution in [-0.2, 0) is 0 Å². The van der Waals surface area contributed by atoms with Crippen LogP contribution in [0.15, 0.2) is 54.9 Å². The van der Waals surface area contributed by atoms with Crippen LogP contribution in [0, 0.1) is 5.82 Å². The lowest BCUT2D eigenvalue weighted by Crippen LogP contribution is -2.32. The summed E-state index contributed by atoms with van der Waals surface area (Å²) in [6.45, 7) is -0.0770. The number of likely N-dealkylation sites (N-methyl/N-ethyl adjacent to an activating group) is 1. The Morgan fingerprint density at radius 2 is 1.92 bits per heavy atom. The number of aliphatic hydroxyl groups excluding tert-OH is 2. The summed E-state index contributed by atoms with van der Waals surface area (Å²) in [5.74, 6) is -0.215. The molecule has 4 N–H and O–H groups in total. The van der Waals surface area contributed by atoms with Crippen molar-refractivity contribution >= 4 is 22.6 Å². The number of fused-ring (bicyclic) bond motifs is 1. The van der Waals surface area contributed by atoms with Gasteiger partial charge in [0.1, 0.15) is 17.2 Å². The Kier molecular flexibility index (Phi) is 7.81. The third-order valence-corrected chi connectivity index (χ3v) is 7.41. The van der Waals surface area contributed by atoms with Crippen molar-refractivity contribution in [2.45, 2.75) is 37.8 Å². The van der Waals surface area contributed by atoms with Gasteiger partial charge in [-0.1, -0.05) is 18.2 Å². The minimum Gasteiger partial charge on any atom is -0.496 e. The second-order valence-electron chi connectivity index (χ2n) is 10.0. The fraction of sp³-hybridized carbons (Fsp3) is 0.333. The van der Waals surface area contributed by atoms with Crippen molar-refractivity contribution in [1.29, 1.82) is 0 Å². The van der Waals surface area contributed by atoms with Gasteiger partial charge in [0.2, 0.25) is 0 Å². The fourth-order valence-electron chi connectivity index (χ4n) is 5.22. The van der Waals surface area contributed by atoms with Crippen LogP contribution >= 0.6 is 0 Å². The highest BCUT2D eigenvalue weighted by Gasteiger charge is 2.25. The van der Waals surface area contributed by atoms with Gasteiger partial charge in [-0.15, -0.1) is 0 Å². The molecule has 1 fully saturated rings. The third kappa shape index (κ3) is 5.46. The van der Waals surface area contributed by atoms with Gasteiger partial charge in [0.15, 0.2) is 0 Å². The zero-order chi connectivity index (χ0) is 27.5. The summed E-state index contributed by atoms with van der Waals surface area (Å²) in [5, 5.41) is 23.3. The molecule has 9 heteroatoms. The van der Waals surface area contributed by atoms with Crippen molar-refractivity contribution in [3.8, 4) is 28.0 Å². The number of methoxy groups -OCH3 is 1. The van der Waals surface area contributed by atoms with Crippen molar-refractivity contribution in [1.82, 2.24) is 14.9 Å². The molecule has 2 heterocycles. The summed E-state index contributed by atoms with van der Waals surface area (Å²) in [5.41, 5.74) is 3.97. The van der Waals surface area contributed by atoms with Gasteiger partial charge in [0, 0.05) is 54.1 Å². The lowest BCUT2D eigenvalue weighted by atomic mass is 9.92. The van der Waals surface area contributed by atoms with E-state index in [1.165, 1.54) is 11.0 Å². The highest BCUT2D eigenvalue weighted by atomic mass is 19.1. The van der Waals surface area contributed by atoms with E-state index in [1.54, 1.807) is 26.4 Å². The van der Waals surface area contributed by atoms with E-state index >= 15 is 4.39 Å². The zero-order valence-electron chi connectivity index (χ0n) is 22.1. The highest BCUT2D eigenvalue weighted by molar-refractivity contribution is 6.02. The number of amides is 1. The van der Waals surface area contributed by atoms with Crippen molar-refractivity contribution in [2.24, 2.45) is 0 Å². The number of aliphatic hydroxyl groups is 2. The molecule has 1 amide bonds. The van der Waals surface area contributed by atoms with Crippen molar-refractivity contribution < 1.29 is 24.1 Å². The van der Waals surface area contributed by atoms with Crippen LogP contribution in [0.1, 0.15) is 36.0 Å². The van der Waals surface area contributed by atoms with E-state index in [2.05, 4.69) is 15.3 Å². The maximum atomic E-state index is 15.8. The number of aromatic amines is 1. The van der Waals surface area contributed by atoms with E-state index < -0.39 is 11.7 Å². The summed E-state index contributed by atoms with van der Waals surface area (Å²) in [6, 6.07) is 12.7. The molecule has 204 valence electrons. The van der Waals surface area contributed by atoms with Crippen LogP contribution in [0.5, 0.6) is 5.75 Å². The average Bonchev–Trinajstić information content (AvgIpc) is 3.38. The summed E-state index contributed by atoms with van der Waals surface area (Å²) >= 11 is 0. The minimum atomic E-state index is -0.543. The number of ether oxygens (including phenoxy) is 1. The lowest BCUT2D eigenvalue weighted by molar-refractivity contribution is 0.0767. The smallest absolute Gasteiger partial charge is 0.255 e. The Morgan fingerprint density at radius 1 is 1.15 bits per heavy atom. The lowest BCUT2D eigenvalue weighted by Gasteiger charge is -2.28. The number of carbonyl (C=O) groups excluding carboxylic acids is 1. The molecule has 0 unspecified atom stereocenters. The monoisotopic (exact) mass is 532 g/mol. The first kappa shape index (κ1) is 26.6. The Bertz CT molecular complexity index is 1480. The average molecular weight is 533 g/mol. The number of anilines is 1. The van der Waals surface area contributed by atoms with Crippen molar-refractivity contribution in [3.63, 3.8) is 0 Å². The number of para-hydroxylation sites is 1. The van der Waals surface area contributed by atoms with Crippen molar-refractivity contribution in [3.05, 3.63) is 66.2 Å². The van der Waals surface area contributed by atoms with E-state index in [0.29, 0.717) is 42.5 Å². The molecule has 1 aliphatic rings. The van der Waals surface area contributed by atoms with E-state index in [1.807, 2.05) is 36.5 Å². The van der Waals surface area contributed by atoms with Crippen LogP contribution in [0.3, 0.4) is 0 Å². The quantitative estimate of drug-likeness (QED) is 0.259. The van der Waals surface area contributed by atoms with Crippen molar-refractivity contribution in [2.75, 3.05) is 32.6 Å². The van der Waals surface area contributed by atoms with Gasteiger partial charge in [0.25, 0.3) is 5.91 Å². The van der Waals surface area contributed by atoms with E-state index in [9.17, 15) is 15.0 Å². The molecular formula is C30H33FN4O4. The first-order valence-electron chi connectivity index (χ1n) is 13.1. The normalized spacial score (nSPS) is 17.3. The number of aromatic nitrogens is 2. The van der Waals surface area contributed by atoms with Crippen LogP contribution < -0.4 is 10.1 Å². The first-order chi connectivity index (χ1) is 18.9. The highest BCUT2D eigenvalue weighted by Crippen LogP contribution is 2.37.